The van der Waals surface area contributed by atoms with Crippen molar-refractivity contribution in [1.29, 1.82) is 0 Å². The maximum Gasteiger partial charge on any atom is 0.306 e. The Labute approximate surface area is 143 Å². The summed E-state index contributed by atoms with van der Waals surface area (Å²) in [5.41, 5.74) is 0.954. The Hall–Kier alpha value is -2.55. The van der Waals surface area contributed by atoms with E-state index in [2.05, 4.69) is 10.1 Å². The van der Waals surface area contributed by atoms with Crippen LogP contribution in [0.15, 0.2) is 34.2 Å². The van der Waals surface area contributed by atoms with Crippen LogP contribution in [0.25, 0.3) is 11.4 Å². The summed E-state index contributed by atoms with van der Waals surface area (Å²) in [5.74, 6) is -1.16. The fourth-order valence-electron chi connectivity index (χ4n) is 2.35. The molecule has 0 saturated heterocycles. The van der Waals surface area contributed by atoms with Gasteiger partial charge in [-0.3, -0.25) is 4.79 Å². The van der Waals surface area contributed by atoms with Gasteiger partial charge in [0.15, 0.2) is 16.4 Å². The van der Waals surface area contributed by atoms with Gasteiger partial charge in [0.25, 0.3) is 5.89 Å². The molecule has 2 aromatic rings. The number of benzene rings is 1. The first kappa shape index (κ1) is 17.3. The van der Waals surface area contributed by atoms with E-state index >= 15 is 0 Å². The van der Waals surface area contributed by atoms with Gasteiger partial charge in [-0.2, -0.15) is 4.98 Å². The normalized spacial score (nSPS) is 18.4. The van der Waals surface area contributed by atoms with Crippen LogP contribution in [0.5, 0.6) is 0 Å². The summed E-state index contributed by atoms with van der Waals surface area (Å²) in [4.78, 5) is 15.8. The van der Waals surface area contributed by atoms with E-state index < -0.39 is 15.8 Å². The molecule has 7 nitrogen and oxygen atoms in total. The lowest BCUT2D eigenvalue weighted by Gasteiger charge is -2.05. The highest BCUT2D eigenvalue weighted by atomic mass is 32.2. The van der Waals surface area contributed by atoms with Gasteiger partial charge in [-0.15, -0.1) is 0 Å². The van der Waals surface area contributed by atoms with E-state index in [1.165, 1.54) is 12.1 Å². The van der Waals surface area contributed by atoms with Gasteiger partial charge in [-0.1, -0.05) is 23.4 Å². The second kappa shape index (κ2) is 6.75. The lowest BCUT2D eigenvalue weighted by atomic mass is 10.1. The molecule has 0 bridgehead atoms. The predicted octanol–water partition coefficient (Wildman–Crippen LogP) is 2.18. The van der Waals surface area contributed by atoms with E-state index in [9.17, 15) is 17.6 Å². The summed E-state index contributed by atoms with van der Waals surface area (Å²) in [7, 11) is -3.20. The van der Waals surface area contributed by atoms with Gasteiger partial charge in [0.1, 0.15) is 5.82 Å². The van der Waals surface area contributed by atoms with Crippen LogP contribution in [0.3, 0.4) is 0 Å². The van der Waals surface area contributed by atoms with Crippen molar-refractivity contribution >= 4 is 15.8 Å². The number of rotatable bonds is 5. The number of carbonyl (C=O) groups is 1. The minimum atomic E-state index is -3.20. The first-order chi connectivity index (χ1) is 11.8. The smallest absolute Gasteiger partial charge is 0.306 e. The quantitative estimate of drug-likeness (QED) is 0.748. The number of aryl methyl sites for hydroxylation is 1. The van der Waals surface area contributed by atoms with E-state index in [1.54, 1.807) is 19.1 Å². The van der Waals surface area contributed by atoms with Crippen LogP contribution < -0.4 is 0 Å². The van der Waals surface area contributed by atoms with E-state index in [0.29, 0.717) is 11.1 Å². The van der Waals surface area contributed by atoms with E-state index in [0.717, 1.165) is 5.41 Å². The lowest BCUT2D eigenvalue weighted by molar-refractivity contribution is -0.146. The van der Waals surface area contributed by atoms with Crippen molar-refractivity contribution in [3.63, 3.8) is 0 Å². The second-order valence-electron chi connectivity index (χ2n) is 5.76. The standard InChI is InChI=1S/C16H15FN2O5S/c1-10-2-3-12(7-13(10)17)16-18-14(24-19-16)8-23-15(20)6-11-4-5-25(21,22)9-11/h2-5,7,11H,6,8-9H2,1H3. The zero-order chi connectivity index (χ0) is 18.0. The van der Waals surface area contributed by atoms with Crippen molar-refractivity contribution in [3.05, 3.63) is 47.0 Å². The van der Waals surface area contributed by atoms with Crippen LogP contribution in [-0.2, 0) is 26.0 Å². The first-order valence-electron chi connectivity index (χ1n) is 7.48. The van der Waals surface area contributed by atoms with Crippen LogP contribution in [0.2, 0.25) is 0 Å². The molecule has 1 aliphatic heterocycles. The Morgan fingerprint density at radius 3 is 2.92 bits per heavy atom. The summed E-state index contributed by atoms with van der Waals surface area (Å²) < 4.78 is 46.1. The van der Waals surface area contributed by atoms with Crippen LogP contribution in [-0.4, -0.2) is 30.3 Å². The van der Waals surface area contributed by atoms with Gasteiger partial charge in [0, 0.05) is 16.9 Å². The summed E-state index contributed by atoms with van der Waals surface area (Å²) in [6.07, 6.45) is 1.44. The number of allylic oxidation sites excluding steroid dienone is 1. The van der Waals surface area contributed by atoms with Crippen molar-refractivity contribution in [2.45, 2.75) is 20.0 Å². The third-order valence-corrected chi connectivity index (χ3v) is 5.15. The van der Waals surface area contributed by atoms with E-state index in [4.69, 9.17) is 9.26 Å². The van der Waals surface area contributed by atoms with Crippen molar-refractivity contribution in [2.24, 2.45) is 5.92 Å². The minimum absolute atomic E-state index is 0.0418. The first-order valence-corrected chi connectivity index (χ1v) is 9.19. The molecule has 3 rings (SSSR count). The van der Waals surface area contributed by atoms with E-state index in [-0.39, 0.29) is 42.2 Å². The molecule has 1 atom stereocenters. The van der Waals surface area contributed by atoms with Crippen LogP contribution in [0.1, 0.15) is 17.9 Å². The van der Waals surface area contributed by atoms with Gasteiger partial charge in [-0.25, -0.2) is 12.8 Å². The highest BCUT2D eigenvalue weighted by Crippen LogP contribution is 2.20. The number of halogens is 1. The Morgan fingerprint density at radius 2 is 2.24 bits per heavy atom. The Balaban J connectivity index is 1.56. The molecule has 1 aliphatic rings. The molecular formula is C16H15FN2O5S. The van der Waals surface area contributed by atoms with Crippen molar-refractivity contribution < 1.29 is 26.9 Å². The van der Waals surface area contributed by atoms with Crippen molar-refractivity contribution in [3.8, 4) is 11.4 Å². The number of nitrogens with zero attached hydrogens (tertiary/aromatic N) is 2. The fraction of sp³-hybridized carbons (Fsp3) is 0.312. The van der Waals surface area contributed by atoms with Gasteiger partial charge in [-0.05, 0) is 18.6 Å². The van der Waals surface area contributed by atoms with Crippen molar-refractivity contribution in [1.82, 2.24) is 10.1 Å². The highest BCUT2D eigenvalue weighted by Gasteiger charge is 2.24. The number of sulfone groups is 1. The molecular weight excluding hydrogens is 351 g/mol. The van der Waals surface area contributed by atoms with E-state index in [1.807, 2.05) is 0 Å². The molecule has 0 N–H and O–H groups in total. The molecule has 1 aromatic heterocycles. The van der Waals surface area contributed by atoms with Crippen LogP contribution in [0, 0.1) is 18.7 Å². The number of esters is 1. The molecule has 0 aliphatic carbocycles. The molecule has 0 saturated carbocycles. The molecule has 25 heavy (non-hydrogen) atoms. The van der Waals surface area contributed by atoms with Gasteiger partial charge in [0.2, 0.25) is 5.82 Å². The average molecular weight is 366 g/mol. The maximum absolute atomic E-state index is 13.6. The Bertz CT molecular complexity index is 936. The highest BCUT2D eigenvalue weighted by molar-refractivity contribution is 7.94. The fourth-order valence-corrected chi connectivity index (χ4v) is 3.74. The minimum Gasteiger partial charge on any atom is -0.456 e. The summed E-state index contributed by atoms with van der Waals surface area (Å²) in [6, 6.07) is 4.55. The SMILES string of the molecule is Cc1ccc(-c2noc(COC(=O)CC3C=CS(=O)(=O)C3)n2)cc1F. The summed E-state index contributed by atoms with van der Waals surface area (Å²) in [6.45, 7) is 1.41. The number of aromatic nitrogens is 2. The lowest BCUT2D eigenvalue weighted by Crippen LogP contribution is -2.13. The molecule has 0 fully saturated rings. The third kappa shape index (κ3) is 4.30. The topological polar surface area (TPSA) is 99.4 Å². The number of hydrogen-bond donors (Lipinski definition) is 0. The zero-order valence-corrected chi connectivity index (χ0v) is 14.1. The number of carbonyl (C=O) groups excluding carboxylic acids is 1. The Morgan fingerprint density at radius 1 is 1.44 bits per heavy atom. The van der Waals surface area contributed by atoms with Crippen LogP contribution in [0.4, 0.5) is 4.39 Å². The van der Waals surface area contributed by atoms with Crippen molar-refractivity contribution in [2.75, 3.05) is 5.75 Å². The monoisotopic (exact) mass is 366 g/mol. The Kier molecular flexibility index (Phi) is 4.67. The molecule has 1 aromatic carbocycles. The summed E-state index contributed by atoms with van der Waals surface area (Å²) >= 11 is 0. The third-order valence-electron chi connectivity index (χ3n) is 3.69. The zero-order valence-electron chi connectivity index (χ0n) is 13.3. The molecule has 0 radical (unpaired) electrons. The average Bonchev–Trinajstić information content (AvgIpc) is 3.14. The molecule has 9 heteroatoms. The maximum atomic E-state index is 13.6. The number of ether oxygens (including phenoxy) is 1. The van der Waals surface area contributed by atoms with Gasteiger partial charge < -0.3 is 9.26 Å². The molecule has 132 valence electrons. The summed E-state index contributed by atoms with van der Waals surface area (Å²) in [5, 5.41) is 4.83. The molecule has 0 amide bonds. The van der Waals surface area contributed by atoms with Crippen LogP contribution >= 0.6 is 0 Å². The molecule has 0 spiro atoms. The van der Waals surface area contributed by atoms with Gasteiger partial charge >= 0.3 is 5.97 Å². The molecule has 1 unspecified atom stereocenters. The largest absolute Gasteiger partial charge is 0.456 e. The predicted molar refractivity (Wildman–Crippen MR) is 85.3 cm³/mol. The second-order valence-corrected chi connectivity index (χ2v) is 7.69. The molecule has 2 heterocycles. The van der Waals surface area contributed by atoms with Gasteiger partial charge in [0.05, 0.1) is 12.2 Å². The number of hydrogen-bond acceptors (Lipinski definition) is 7.